The second-order valence-corrected chi connectivity index (χ2v) is 6.85. The van der Waals surface area contributed by atoms with Crippen LogP contribution in [0.25, 0.3) is 10.8 Å². The molecule has 3 aromatic rings. The maximum Gasteiger partial charge on any atom is 0.225 e. The van der Waals surface area contributed by atoms with Crippen molar-refractivity contribution >= 4 is 34.1 Å². The lowest BCUT2D eigenvalue weighted by Gasteiger charge is -2.11. The molecule has 3 aromatic carbocycles. The van der Waals surface area contributed by atoms with Crippen LogP contribution < -0.4 is 14.8 Å². The van der Waals surface area contributed by atoms with E-state index in [2.05, 4.69) is 5.32 Å². The fourth-order valence-corrected chi connectivity index (χ4v) is 3.56. The molecule has 3 rings (SSSR count). The van der Waals surface area contributed by atoms with E-state index in [4.69, 9.17) is 9.47 Å². The molecule has 5 heteroatoms. The van der Waals surface area contributed by atoms with Gasteiger partial charge in [-0.2, -0.15) is 0 Å². The van der Waals surface area contributed by atoms with Crippen LogP contribution in [0.3, 0.4) is 0 Å². The molecule has 1 amide bonds. The van der Waals surface area contributed by atoms with Gasteiger partial charge in [-0.1, -0.05) is 24.3 Å². The second-order valence-electron chi connectivity index (χ2n) is 5.68. The summed E-state index contributed by atoms with van der Waals surface area (Å²) in [7, 11) is 3.30. The first-order valence-electron chi connectivity index (χ1n) is 8.33. The number of hydrogen-bond acceptors (Lipinski definition) is 4. The SMILES string of the molecule is COc1ccc(SCCC(=O)Nc2ccc(OC)c3ccccc23)cc1. The minimum atomic E-state index is 0.00123. The highest BCUT2D eigenvalue weighted by Gasteiger charge is 2.09. The molecule has 4 nitrogen and oxygen atoms in total. The van der Waals surface area contributed by atoms with Gasteiger partial charge in [0.25, 0.3) is 0 Å². The Morgan fingerprint density at radius 3 is 2.35 bits per heavy atom. The highest BCUT2D eigenvalue weighted by molar-refractivity contribution is 7.99. The predicted octanol–water partition coefficient (Wildman–Crippen LogP) is 4.98. The summed E-state index contributed by atoms with van der Waals surface area (Å²) in [6.45, 7) is 0. The minimum Gasteiger partial charge on any atom is -0.497 e. The van der Waals surface area contributed by atoms with Crippen LogP contribution in [0.15, 0.2) is 65.6 Å². The Labute approximate surface area is 157 Å². The van der Waals surface area contributed by atoms with Gasteiger partial charge in [0.15, 0.2) is 0 Å². The lowest BCUT2D eigenvalue weighted by Crippen LogP contribution is -2.12. The molecule has 0 aliphatic heterocycles. The average molecular weight is 367 g/mol. The monoisotopic (exact) mass is 367 g/mol. The molecule has 0 bridgehead atoms. The van der Waals surface area contributed by atoms with Gasteiger partial charge in [0, 0.05) is 33.5 Å². The summed E-state index contributed by atoms with van der Waals surface area (Å²) in [5, 5.41) is 4.97. The Kier molecular flexibility index (Phi) is 6.02. The van der Waals surface area contributed by atoms with Crippen molar-refractivity contribution in [3.8, 4) is 11.5 Å². The molecule has 0 aliphatic carbocycles. The number of nitrogens with one attached hydrogen (secondary N) is 1. The fraction of sp³-hybridized carbons (Fsp3) is 0.190. The number of hydrogen-bond donors (Lipinski definition) is 1. The quantitative estimate of drug-likeness (QED) is 0.599. The number of thioether (sulfide) groups is 1. The summed E-state index contributed by atoms with van der Waals surface area (Å²) in [5.41, 5.74) is 0.806. The van der Waals surface area contributed by atoms with E-state index in [-0.39, 0.29) is 5.91 Å². The molecule has 134 valence electrons. The van der Waals surface area contributed by atoms with Crippen LogP contribution >= 0.6 is 11.8 Å². The van der Waals surface area contributed by atoms with Gasteiger partial charge in [0.2, 0.25) is 5.91 Å². The number of anilines is 1. The van der Waals surface area contributed by atoms with Gasteiger partial charge in [-0.15, -0.1) is 11.8 Å². The van der Waals surface area contributed by atoms with Crippen LogP contribution in [-0.2, 0) is 4.79 Å². The number of amides is 1. The molecule has 26 heavy (non-hydrogen) atoms. The van der Waals surface area contributed by atoms with Crippen molar-refractivity contribution in [2.75, 3.05) is 25.3 Å². The summed E-state index contributed by atoms with van der Waals surface area (Å²) in [4.78, 5) is 13.4. The molecule has 0 heterocycles. The molecule has 1 N–H and O–H groups in total. The Bertz CT molecular complexity index is 893. The van der Waals surface area contributed by atoms with Crippen molar-refractivity contribution in [1.82, 2.24) is 0 Å². The van der Waals surface area contributed by atoms with Gasteiger partial charge < -0.3 is 14.8 Å². The lowest BCUT2D eigenvalue weighted by molar-refractivity contribution is -0.115. The molecule has 0 aliphatic rings. The van der Waals surface area contributed by atoms with E-state index < -0.39 is 0 Å². The summed E-state index contributed by atoms with van der Waals surface area (Å²) in [6, 6.07) is 19.5. The van der Waals surface area contributed by atoms with Crippen LogP contribution in [-0.4, -0.2) is 25.9 Å². The third-order valence-electron chi connectivity index (χ3n) is 4.04. The van der Waals surface area contributed by atoms with Crippen molar-refractivity contribution in [3.63, 3.8) is 0 Å². The minimum absolute atomic E-state index is 0.00123. The van der Waals surface area contributed by atoms with Crippen molar-refractivity contribution < 1.29 is 14.3 Å². The summed E-state index contributed by atoms with van der Waals surface area (Å²) < 4.78 is 10.5. The van der Waals surface area contributed by atoms with Gasteiger partial charge in [-0.3, -0.25) is 4.79 Å². The maximum atomic E-state index is 12.3. The molecular formula is C21H21NO3S. The first kappa shape index (κ1) is 18.1. The molecule has 0 fully saturated rings. The van der Waals surface area contributed by atoms with Crippen molar-refractivity contribution in [2.45, 2.75) is 11.3 Å². The predicted molar refractivity (Wildman–Crippen MR) is 107 cm³/mol. The molecule has 0 spiro atoms. The molecule has 0 saturated carbocycles. The van der Waals surface area contributed by atoms with E-state index in [0.717, 1.165) is 32.9 Å². The molecule has 0 aromatic heterocycles. The largest absolute Gasteiger partial charge is 0.497 e. The summed E-state index contributed by atoms with van der Waals surface area (Å²) in [5.74, 6) is 2.35. The van der Waals surface area contributed by atoms with Gasteiger partial charge in [-0.05, 0) is 36.4 Å². The average Bonchev–Trinajstić information content (AvgIpc) is 2.69. The zero-order valence-electron chi connectivity index (χ0n) is 14.8. The zero-order chi connectivity index (χ0) is 18.4. The smallest absolute Gasteiger partial charge is 0.225 e. The van der Waals surface area contributed by atoms with E-state index in [1.165, 1.54) is 0 Å². The van der Waals surface area contributed by atoms with Crippen molar-refractivity contribution in [1.29, 1.82) is 0 Å². The number of fused-ring (bicyclic) bond motifs is 1. The second kappa shape index (κ2) is 8.63. The number of carbonyl (C=O) groups is 1. The number of carbonyl (C=O) groups excluding carboxylic acids is 1. The first-order valence-corrected chi connectivity index (χ1v) is 9.32. The van der Waals surface area contributed by atoms with Crippen LogP contribution in [0.2, 0.25) is 0 Å². The number of benzene rings is 3. The van der Waals surface area contributed by atoms with Crippen LogP contribution in [0.1, 0.15) is 6.42 Å². The van der Waals surface area contributed by atoms with Gasteiger partial charge in [0.05, 0.1) is 14.2 Å². The molecular weight excluding hydrogens is 346 g/mol. The van der Waals surface area contributed by atoms with E-state index in [1.807, 2.05) is 60.7 Å². The topological polar surface area (TPSA) is 47.6 Å². The highest BCUT2D eigenvalue weighted by atomic mass is 32.2. The molecule has 0 atom stereocenters. The Balaban J connectivity index is 1.60. The number of methoxy groups -OCH3 is 2. The van der Waals surface area contributed by atoms with Crippen molar-refractivity contribution in [2.24, 2.45) is 0 Å². The van der Waals surface area contributed by atoms with Gasteiger partial charge in [-0.25, -0.2) is 0 Å². The summed E-state index contributed by atoms with van der Waals surface area (Å²) in [6.07, 6.45) is 0.442. The Morgan fingerprint density at radius 1 is 0.923 bits per heavy atom. The molecule has 0 radical (unpaired) electrons. The third-order valence-corrected chi connectivity index (χ3v) is 5.05. The fourth-order valence-electron chi connectivity index (χ4n) is 2.70. The highest BCUT2D eigenvalue weighted by Crippen LogP contribution is 2.31. The maximum absolute atomic E-state index is 12.3. The number of ether oxygens (including phenoxy) is 2. The van der Waals surface area contributed by atoms with Crippen LogP contribution in [0.4, 0.5) is 5.69 Å². The summed E-state index contributed by atoms with van der Waals surface area (Å²) >= 11 is 1.65. The van der Waals surface area contributed by atoms with E-state index in [9.17, 15) is 4.79 Å². The molecule has 0 unspecified atom stereocenters. The standard InChI is InChI=1S/C21H21NO3S/c1-24-15-7-9-16(10-8-15)26-14-13-21(23)22-19-11-12-20(25-2)18-6-4-3-5-17(18)19/h3-12H,13-14H2,1-2H3,(H,22,23). The first-order chi connectivity index (χ1) is 12.7. The van der Waals surface area contributed by atoms with E-state index >= 15 is 0 Å². The Hall–Kier alpha value is -2.66. The third kappa shape index (κ3) is 4.29. The van der Waals surface area contributed by atoms with E-state index in [0.29, 0.717) is 12.2 Å². The normalized spacial score (nSPS) is 10.5. The number of rotatable bonds is 7. The van der Waals surface area contributed by atoms with Gasteiger partial charge in [0.1, 0.15) is 11.5 Å². The van der Waals surface area contributed by atoms with Crippen molar-refractivity contribution in [3.05, 3.63) is 60.7 Å². The van der Waals surface area contributed by atoms with Crippen LogP contribution in [0.5, 0.6) is 11.5 Å². The molecule has 0 saturated heterocycles. The Morgan fingerprint density at radius 2 is 1.65 bits per heavy atom. The zero-order valence-corrected chi connectivity index (χ0v) is 15.6. The van der Waals surface area contributed by atoms with Gasteiger partial charge >= 0.3 is 0 Å². The van der Waals surface area contributed by atoms with Crippen LogP contribution in [0, 0.1) is 0 Å². The van der Waals surface area contributed by atoms with E-state index in [1.54, 1.807) is 26.0 Å². The lowest BCUT2D eigenvalue weighted by atomic mass is 10.1.